The van der Waals surface area contributed by atoms with E-state index in [-0.39, 0.29) is 17.7 Å². The van der Waals surface area contributed by atoms with Crippen LogP contribution < -0.4 is 5.32 Å². The fraction of sp³-hybridized carbons (Fsp3) is 0.364. The molecule has 0 saturated heterocycles. The first-order valence-electron chi connectivity index (χ1n) is 9.23. The van der Waals surface area contributed by atoms with Crippen LogP contribution in [0.5, 0.6) is 0 Å². The number of hydrogen-bond donors (Lipinski definition) is 2. The molecule has 2 aromatic rings. The van der Waals surface area contributed by atoms with Crippen LogP contribution in [0, 0.1) is 5.92 Å². The van der Waals surface area contributed by atoms with Crippen LogP contribution in [0.3, 0.4) is 0 Å². The molecule has 2 aromatic carbocycles. The molecule has 0 unspecified atom stereocenters. The summed E-state index contributed by atoms with van der Waals surface area (Å²) < 4.78 is 6.04. The Morgan fingerprint density at radius 3 is 2.00 bits per heavy atom. The Hall–Kier alpha value is -2.66. The third-order valence-corrected chi connectivity index (χ3v) is 5.00. The van der Waals surface area contributed by atoms with Gasteiger partial charge >= 0.3 is 5.97 Å². The van der Waals surface area contributed by atoms with Crippen LogP contribution in [0.4, 0.5) is 0 Å². The van der Waals surface area contributed by atoms with E-state index < -0.39 is 18.1 Å². The molecule has 5 heteroatoms. The highest BCUT2D eigenvalue weighted by atomic mass is 16.5. The molecule has 2 atom stereocenters. The zero-order valence-electron chi connectivity index (χ0n) is 15.8. The summed E-state index contributed by atoms with van der Waals surface area (Å²) in [7, 11) is 0. The predicted molar refractivity (Wildman–Crippen MR) is 104 cm³/mol. The third kappa shape index (κ3) is 3.88. The van der Waals surface area contributed by atoms with E-state index in [1.165, 1.54) is 29.2 Å². The second-order valence-electron chi connectivity index (χ2n) is 7.29. The second kappa shape index (κ2) is 7.92. The molecule has 142 valence electrons. The average molecular weight is 367 g/mol. The van der Waals surface area contributed by atoms with Crippen molar-refractivity contribution in [2.24, 2.45) is 5.92 Å². The van der Waals surface area contributed by atoms with E-state index in [0.717, 1.165) is 0 Å². The van der Waals surface area contributed by atoms with Crippen molar-refractivity contribution < 1.29 is 19.4 Å². The van der Waals surface area contributed by atoms with Crippen LogP contribution >= 0.6 is 0 Å². The highest BCUT2D eigenvalue weighted by Gasteiger charge is 2.31. The Labute approximate surface area is 159 Å². The lowest BCUT2D eigenvalue weighted by molar-refractivity contribution is -0.145. The maximum atomic E-state index is 12.5. The second-order valence-corrected chi connectivity index (χ2v) is 7.29. The Morgan fingerprint density at radius 1 is 1.00 bits per heavy atom. The molecule has 2 N–H and O–H groups in total. The van der Waals surface area contributed by atoms with Crippen LogP contribution in [0.15, 0.2) is 48.5 Å². The molecule has 1 aliphatic carbocycles. The van der Waals surface area contributed by atoms with Gasteiger partial charge in [-0.1, -0.05) is 62.4 Å². The van der Waals surface area contributed by atoms with E-state index in [4.69, 9.17) is 9.84 Å². The van der Waals surface area contributed by atoms with Gasteiger partial charge in [0.05, 0.1) is 6.61 Å². The summed E-state index contributed by atoms with van der Waals surface area (Å²) in [5, 5.41) is 11.5. The van der Waals surface area contributed by atoms with Crippen LogP contribution in [-0.2, 0) is 14.3 Å². The van der Waals surface area contributed by atoms with Crippen molar-refractivity contribution in [3.05, 3.63) is 59.7 Å². The molecule has 0 aromatic heterocycles. The molecular formula is C22H25NO4. The lowest BCUT2D eigenvalue weighted by Gasteiger charge is -2.24. The maximum absolute atomic E-state index is 12.5. The lowest BCUT2D eigenvalue weighted by Crippen LogP contribution is -2.46. The molecule has 27 heavy (non-hydrogen) atoms. The van der Waals surface area contributed by atoms with Gasteiger partial charge in [0.25, 0.3) is 0 Å². The Kier molecular flexibility index (Phi) is 5.61. The zero-order chi connectivity index (χ0) is 19.6. The summed E-state index contributed by atoms with van der Waals surface area (Å²) in [6.07, 6.45) is -0.702. The first-order chi connectivity index (χ1) is 12.9. The molecule has 0 radical (unpaired) electrons. The van der Waals surface area contributed by atoms with E-state index in [1.807, 2.05) is 38.1 Å². The number of ether oxygens (including phenoxy) is 1. The molecule has 5 nitrogen and oxygen atoms in total. The molecule has 0 spiro atoms. The van der Waals surface area contributed by atoms with E-state index in [1.54, 1.807) is 0 Å². The minimum absolute atomic E-state index is 0.0587. The molecule has 3 rings (SSSR count). The van der Waals surface area contributed by atoms with Crippen molar-refractivity contribution in [3.8, 4) is 11.1 Å². The summed E-state index contributed by atoms with van der Waals surface area (Å²) in [5.74, 6) is -1.47. The topological polar surface area (TPSA) is 75.6 Å². The molecule has 0 saturated carbocycles. The number of carbonyl (C=O) groups is 2. The average Bonchev–Trinajstić information content (AvgIpc) is 2.96. The quantitative estimate of drug-likeness (QED) is 0.786. The molecule has 0 bridgehead atoms. The van der Waals surface area contributed by atoms with E-state index >= 15 is 0 Å². The van der Waals surface area contributed by atoms with Gasteiger partial charge in [0.1, 0.15) is 12.1 Å². The van der Waals surface area contributed by atoms with Gasteiger partial charge in [-0.15, -0.1) is 0 Å². The van der Waals surface area contributed by atoms with Gasteiger partial charge in [0.15, 0.2) is 0 Å². The summed E-state index contributed by atoms with van der Waals surface area (Å²) in [5.41, 5.74) is 4.79. The summed E-state index contributed by atoms with van der Waals surface area (Å²) >= 11 is 0. The number of amides is 1. The van der Waals surface area contributed by atoms with Gasteiger partial charge in [0, 0.05) is 5.92 Å². The minimum Gasteiger partial charge on any atom is -0.480 e. The van der Waals surface area contributed by atoms with Crippen molar-refractivity contribution in [2.45, 2.75) is 38.8 Å². The highest BCUT2D eigenvalue weighted by molar-refractivity contribution is 5.86. The SMILES string of the molecule is CC(C)[C@H](OCC1c2ccccc2-c2ccccc21)C(=O)N[C@@H](C)C(=O)O. The normalized spacial score (nSPS) is 15.1. The Balaban J connectivity index is 1.78. The van der Waals surface area contributed by atoms with Crippen molar-refractivity contribution in [1.82, 2.24) is 5.32 Å². The van der Waals surface area contributed by atoms with Crippen molar-refractivity contribution in [3.63, 3.8) is 0 Å². The van der Waals surface area contributed by atoms with Crippen LogP contribution in [0.2, 0.25) is 0 Å². The monoisotopic (exact) mass is 367 g/mol. The van der Waals surface area contributed by atoms with Crippen LogP contribution in [0.1, 0.15) is 37.8 Å². The van der Waals surface area contributed by atoms with Gasteiger partial charge in [0.2, 0.25) is 5.91 Å². The number of benzene rings is 2. The van der Waals surface area contributed by atoms with Crippen molar-refractivity contribution >= 4 is 11.9 Å². The van der Waals surface area contributed by atoms with Gasteiger partial charge in [-0.2, -0.15) is 0 Å². The number of aliphatic carboxylic acids is 1. The molecule has 1 amide bonds. The fourth-order valence-electron chi connectivity index (χ4n) is 3.57. The molecule has 1 aliphatic rings. The van der Waals surface area contributed by atoms with Gasteiger partial charge in [-0.3, -0.25) is 9.59 Å². The number of carboxylic acids is 1. The smallest absolute Gasteiger partial charge is 0.325 e. The molecular weight excluding hydrogens is 342 g/mol. The zero-order valence-corrected chi connectivity index (χ0v) is 15.8. The Bertz CT molecular complexity index is 800. The minimum atomic E-state index is -1.07. The van der Waals surface area contributed by atoms with E-state index in [9.17, 15) is 9.59 Å². The van der Waals surface area contributed by atoms with Crippen molar-refractivity contribution in [2.75, 3.05) is 6.61 Å². The number of carbonyl (C=O) groups excluding carboxylic acids is 1. The predicted octanol–water partition coefficient (Wildman–Crippen LogP) is 3.43. The standard InChI is InChI=1S/C22H25NO4/c1-13(2)20(21(24)23-14(3)22(25)26)27-12-19-17-10-6-4-8-15(17)16-9-5-7-11-18(16)19/h4-11,13-14,19-20H,12H2,1-3H3,(H,23,24)(H,25,26)/t14-,20-/m0/s1. The highest BCUT2D eigenvalue weighted by Crippen LogP contribution is 2.44. The van der Waals surface area contributed by atoms with E-state index in [0.29, 0.717) is 6.61 Å². The van der Waals surface area contributed by atoms with E-state index in [2.05, 4.69) is 29.6 Å². The summed E-state index contributed by atoms with van der Waals surface area (Å²) in [6.45, 7) is 5.60. The first-order valence-corrected chi connectivity index (χ1v) is 9.23. The molecule has 0 fully saturated rings. The van der Waals surface area contributed by atoms with Gasteiger partial charge in [-0.05, 0) is 35.1 Å². The van der Waals surface area contributed by atoms with Crippen LogP contribution in [-0.4, -0.2) is 35.7 Å². The largest absolute Gasteiger partial charge is 0.480 e. The number of rotatable bonds is 7. The van der Waals surface area contributed by atoms with Crippen molar-refractivity contribution in [1.29, 1.82) is 0 Å². The molecule has 0 heterocycles. The Morgan fingerprint density at radius 2 is 1.52 bits per heavy atom. The summed E-state index contributed by atoms with van der Waals surface area (Å²) in [4.78, 5) is 23.5. The number of carboxylic acid groups (broad SMARTS) is 1. The number of fused-ring (bicyclic) bond motifs is 3. The summed E-state index contributed by atoms with van der Waals surface area (Å²) in [6, 6.07) is 15.5. The maximum Gasteiger partial charge on any atom is 0.325 e. The molecule has 0 aliphatic heterocycles. The first kappa shape index (κ1) is 19.1. The van der Waals surface area contributed by atoms with Gasteiger partial charge in [-0.25, -0.2) is 0 Å². The third-order valence-electron chi connectivity index (χ3n) is 5.00. The number of nitrogens with one attached hydrogen (secondary N) is 1. The van der Waals surface area contributed by atoms with Gasteiger partial charge < -0.3 is 15.2 Å². The number of hydrogen-bond acceptors (Lipinski definition) is 3. The lowest BCUT2D eigenvalue weighted by atomic mass is 9.97. The fourth-order valence-corrected chi connectivity index (χ4v) is 3.57. The van der Waals surface area contributed by atoms with Crippen LogP contribution in [0.25, 0.3) is 11.1 Å².